The number of aromatic nitrogens is 1. The molecule has 0 saturated carbocycles. The number of fused-ring (bicyclic) bond motifs is 1. The summed E-state index contributed by atoms with van der Waals surface area (Å²) >= 11 is 0. The highest BCUT2D eigenvalue weighted by molar-refractivity contribution is 6.07. The topological polar surface area (TPSA) is 45.6 Å². The zero-order valence-electron chi connectivity index (χ0n) is 18.0. The summed E-state index contributed by atoms with van der Waals surface area (Å²) in [5, 5.41) is 1.03. The van der Waals surface area contributed by atoms with E-state index in [2.05, 4.69) is 29.4 Å². The summed E-state index contributed by atoms with van der Waals surface area (Å²) in [6.07, 6.45) is 2.03. The van der Waals surface area contributed by atoms with Crippen LogP contribution >= 0.6 is 0 Å². The number of hydrogen-bond acceptors (Lipinski definition) is 3. The second kappa shape index (κ2) is 8.34. The second-order valence-electron chi connectivity index (χ2n) is 8.49. The molecule has 30 heavy (non-hydrogen) atoms. The van der Waals surface area contributed by atoms with Crippen LogP contribution in [0.3, 0.4) is 0 Å². The predicted molar refractivity (Wildman–Crippen MR) is 121 cm³/mol. The molecule has 0 bridgehead atoms. The highest BCUT2D eigenvalue weighted by Gasteiger charge is 2.25. The first-order valence-corrected chi connectivity index (χ1v) is 10.7. The van der Waals surface area contributed by atoms with Crippen LogP contribution in [0.5, 0.6) is 0 Å². The van der Waals surface area contributed by atoms with Crippen molar-refractivity contribution in [1.82, 2.24) is 9.47 Å². The van der Waals surface area contributed by atoms with Crippen molar-refractivity contribution in [2.45, 2.75) is 27.3 Å². The molecule has 0 unspecified atom stereocenters. The summed E-state index contributed by atoms with van der Waals surface area (Å²) in [5.74, 6) is 0.704. The van der Waals surface area contributed by atoms with Gasteiger partial charge in [0, 0.05) is 61.1 Å². The van der Waals surface area contributed by atoms with Crippen LogP contribution in [0.25, 0.3) is 10.9 Å². The molecule has 0 spiro atoms. The maximum absolute atomic E-state index is 13.3. The number of rotatable bonds is 5. The number of para-hydroxylation sites is 1. The number of carbonyl (C=O) groups is 2. The molecule has 2 aromatic carbocycles. The van der Waals surface area contributed by atoms with Gasteiger partial charge in [0.25, 0.3) is 5.91 Å². The van der Waals surface area contributed by atoms with E-state index in [-0.39, 0.29) is 11.7 Å². The third kappa shape index (κ3) is 3.97. The molecule has 3 aromatic rings. The molecule has 0 aliphatic carbocycles. The molecule has 156 valence electrons. The van der Waals surface area contributed by atoms with Crippen LogP contribution in [-0.2, 0) is 6.54 Å². The van der Waals surface area contributed by atoms with Gasteiger partial charge >= 0.3 is 0 Å². The van der Waals surface area contributed by atoms with Gasteiger partial charge < -0.3 is 14.4 Å². The minimum atomic E-state index is 0.0774. The van der Waals surface area contributed by atoms with Gasteiger partial charge in [0.15, 0.2) is 5.78 Å². The van der Waals surface area contributed by atoms with Gasteiger partial charge in [-0.05, 0) is 43.2 Å². The van der Waals surface area contributed by atoms with Gasteiger partial charge in [-0.3, -0.25) is 9.59 Å². The molecule has 1 amide bonds. The largest absolute Gasteiger partial charge is 0.368 e. The Kier molecular flexibility index (Phi) is 5.62. The van der Waals surface area contributed by atoms with E-state index in [4.69, 9.17) is 0 Å². The molecule has 1 aromatic heterocycles. The lowest BCUT2D eigenvalue weighted by Gasteiger charge is -2.36. The Labute approximate surface area is 177 Å². The summed E-state index contributed by atoms with van der Waals surface area (Å²) in [6.45, 7) is 9.83. The summed E-state index contributed by atoms with van der Waals surface area (Å²) in [4.78, 5) is 29.0. The van der Waals surface area contributed by atoms with Gasteiger partial charge in [0.1, 0.15) is 0 Å². The van der Waals surface area contributed by atoms with Crippen molar-refractivity contribution in [2.24, 2.45) is 5.92 Å². The van der Waals surface area contributed by atoms with E-state index in [0.29, 0.717) is 19.0 Å². The van der Waals surface area contributed by atoms with E-state index in [1.807, 2.05) is 53.6 Å². The number of carbonyl (C=O) groups excluding carboxylic acids is 2. The molecule has 5 nitrogen and oxygen atoms in total. The first-order chi connectivity index (χ1) is 14.4. The SMILES string of the molecule is CC(=O)c1ccc(N2CCN(C(=O)c3cn(CC(C)C)c4ccccc34)CC2)cc1. The van der Waals surface area contributed by atoms with Crippen LogP contribution in [0, 0.1) is 5.92 Å². The molecule has 0 atom stereocenters. The molecule has 1 aliphatic rings. The Bertz CT molecular complexity index is 1060. The van der Waals surface area contributed by atoms with Gasteiger partial charge in [-0.25, -0.2) is 0 Å². The van der Waals surface area contributed by atoms with Gasteiger partial charge in [-0.1, -0.05) is 32.0 Å². The van der Waals surface area contributed by atoms with Crippen molar-refractivity contribution in [3.8, 4) is 0 Å². The number of hydrogen-bond donors (Lipinski definition) is 0. The molecule has 5 heteroatoms. The number of anilines is 1. The number of nitrogens with zero attached hydrogens (tertiary/aromatic N) is 3. The molecule has 2 heterocycles. The minimum absolute atomic E-state index is 0.0774. The Hall–Kier alpha value is -3.08. The maximum Gasteiger partial charge on any atom is 0.256 e. The first-order valence-electron chi connectivity index (χ1n) is 10.7. The Balaban J connectivity index is 1.49. The first kappa shape index (κ1) is 20.2. The van der Waals surface area contributed by atoms with E-state index < -0.39 is 0 Å². The smallest absolute Gasteiger partial charge is 0.256 e. The number of piperazine rings is 1. The molecular formula is C25H29N3O2. The number of benzene rings is 2. The molecule has 1 saturated heterocycles. The Morgan fingerprint density at radius 1 is 0.933 bits per heavy atom. The normalized spacial score (nSPS) is 14.5. The highest BCUT2D eigenvalue weighted by Crippen LogP contribution is 2.25. The summed E-state index contributed by atoms with van der Waals surface area (Å²) in [7, 11) is 0. The van der Waals surface area contributed by atoms with Crippen molar-refractivity contribution < 1.29 is 9.59 Å². The number of amides is 1. The summed E-state index contributed by atoms with van der Waals surface area (Å²) < 4.78 is 2.21. The number of ketones is 1. The molecular weight excluding hydrogens is 374 g/mol. The average Bonchev–Trinajstić information content (AvgIpc) is 3.11. The maximum atomic E-state index is 13.3. The van der Waals surface area contributed by atoms with Crippen molar-refractivity contribution in [2.75, 3.05) is 31.1 Å². The van der Waals surface area contributed by atoms with E-state index in [9.17, 15) is 9.59 Å². The quantitative estimate of drug-likeness (QED) is 0.591. The fourth-order valence-corrected chi connectivity index (χ4v) is 4.21. The fourth-order valence-electron chi connectivity index (χ4n) is 4.21. The molecule has 0 radical (unpaired) electrons. The third-order valence-corrected chi connectivity index (χ3v) is 5.79. The van der Waals surface area contributed by atoms with Crippen LogP contribution in [0.4, 0.5) is 5.69 Å². The van der Waals surface area contributed by atoms with Gasteiger partial charge in [-0.2, -0.15) is 0 Å². The standard InChI is InChI=1S/C25H29N3O2/c1-18(2)16-28-17-23(22-6-4-5-7-24(22)28)25(30)27-14-12-26(13-15-27)21-10-8-20(9-11-21)19(3)29/h4-11,17-18H,12-16H2,1-3H3. The average molecular weight is 404 g/mol. The Morgan fingerprint density at radius 3 is 2.23 bits per heavy atom. The van der Waals surface area contributed by atoms with Crippen molar-refractivity contribution in [3.05, 3.63) is 65.9 Å². The third-order valence-electron chi connectivity index (χ3n) is 5.79. The summed E-state index contributed by atoms with van der Waals surface area (Å²) in [5.41, 5.74) is 3.75. The van der Waals surface area contributed by atoms with Crippen LogP contribution < -0.4 is 4.90 Å². The van der Waals surface area contributed by atoms with E-state index in [0.717, 1.165) is 47.4 Å². The summed E-state index contributed by atoms with van der Waals surface area (Å²) in [6, 6.07) is 15.9. The van der Waals surface area contributed by atoms with Gasteiger partial charge in [0.05, 0.1) is 5.56 Å². The minimum Gasteiger partial charge on any atom is -0.368 e. The Morgan fingerprint density at radius 2 is 1.60 bits per heavy atom. The zero-order valence-corrected chi connectivity index (χ0v) is 18.0. The van der Waals surface area contributed by atoms with E-state index in [1.54, 1.807) is 6.92 Å². The molecule has 4 rings (SSSR count). The van der Waals surface area contributed by atoms with E-state index in [1.165, 1.54) is 0 Å². The lowest BCUT2D eigenvalue weighted by molar-refractivity contribution is 0.0748. The second-order valence-corrected chi connectivity index (χ2v) is 8.49. The molecule has 1 fully saturated rings. The van der Waals surface area contributed by atoms with Crippen LogP contribution in [0.1, 0.15) is 41.5 Å². The number of Topliss-reactive ketones (excluding diaryl/α,β-unsaturated/α-hetero) is 1. The lowest BCUT2D eigenvalue weighted by atomic mass is 10.1. The van der Waals surface area contributed by atoms with E-state index >= 15 is 0 Å². The van der Waals surface area contributed by atoms with Crippen molar-refractivity contribution in [3.63, 3.8) is 0 Å². The van der Waals surface area contributed by atoms with Crippen LogP contribution in [0.15, 0.2) is 54.7 Å². The molecule has 0 N–H and O–H groups in total. The molecule has 1 aliphatic heterocycles. The zero-order chi connectivity index (χ0) is 21.3. The van der Waals surface area contributed by atoms with Gasteiger partial charge in [0.2, 0.25) is 0 Å². The van der Waals surface area contributed by atoms with Crippen LogP contribution in [0.2, 0.25) is 0 Å². The van der Waals surface area contributed by atoms with Crippen molar-refractivity contribution >= 4 is 28.3 Å². The van der Waals surface area contributed by atoms with Crippen LogP contribution in [-0.4, -0.2) is 47.3 Å². The lowest BCUT2D eigenvalue weighted by Crippen LogP contribution is -2.48. The van der Waals surface area contributed by atoms with Gasteiger partial charge in [-0.15, -0.1) is 0 Å². The highest BCUT2D eigenvalue weighted by atomic mass is 16.2. The monoisotopic (exact) mass is 403 g/mol. The fraction of sp³-hybridized carbons (Fsp3) is 0.360. The predicted octanol–water partition coefficient (Wildman–Crippen LogP) is 4.46. The van der Waals surface area contributed by atoms with Crippen molar-refractivity contribution in [1.29, 1.82) is 0 Å².